The first-order valence-corrected chi connectivity index (χ1v) is 11.4. The smallest absolute Gasteiger partial charge is 0.240 e. The van der Waals surface area contributed by atoms with Crippen molar-refractivity contribution in [3.8, 4) is 0 Å². The monoisotopic (exact) mass is 376 g/mol. The second-order valence-electron chi connectivity index (χ2n) is 8.01. The molecule has 0 spiro atoms. The quantitative estimate of drug-likeness (QED) is 0.878. The van der Waals surface area contributed by atoms with Crippen molar-refractivity contribution >= 4 is 15.9 Å². The van der Waals surface area contributed by atoms with Crippen molar-refractivity contribution in [1.82, 2.24) is 9.62 Å². The highest BCUT2D eigenvalue weighted by Crippen LogP contribution is 2.28. The zero-order valence-electron chi connectivity index (χ0n) is 15.2. The summed E-state index contributed by atoms with van der Waals surface area (Å²) in [6.07, 6.45) is 9.29. The molecule has 1 saturated heterocycles. The number of rotatable bonds is 4. The Kier molecular flexibility index (Phi) is 5.06. The summed E-state index contributed by atoms with van der Waals surface area (Å²) in [7, 11) is -3.53. The number of amides is 1. The molecule has 2 aliphatic carbocycles. The molecule has 6 heteroatoms. The van der Waals surface area contributed by atoms with Crippen LogP contribution in [0.4, 0.5) is 0 Å². The van der Waals surface area contributed by atoms with Gasteiger partial charge in [-0.2, -0.15) is 0 Å². The van der Waals surface area contributed by atoms with Crippen LogP contribution >= 0.6 is 0 Å². The number of aryl methyl sites for hydroxylation is 2. The van der Waals surface area contributed by atoms with E-state index >= 15 is 0 Å². The van der Waals surface area contributed by atoms with Crippen LogP contribution in [0.25, 0.3) is 0 Å². The highest BCUT2D eigenvalue weighted by atomic mass is 32.2. The molecule has 1 aromatic rings. The molecule has 1 saturated carbocycles. The standard InChI is InChI=1S/C20H28N2O3S/c23-20(16-5-2-1-3-6-16)22-12-11-18(14-22)21-26(24,25)19-10-9-15-7-4-8-17(15)13-19/h9-10,13,16,18,21H,1-8,11-12,14H2. The highest BCUT2D eigenvalue weighted by Gasteiger charge is 2.33. The van der Waals surface area contributed by atoms with Crippen LogP contribution in [0.1, 0.15) is 56.1 Å². The van der Waals surface area contributed by atoms with E-state index in [1.54, 1.807) is 6.07 Å². The minimum Gasteiger partial charge on any atom is -0.341 e. The number of nitrogens with zero attached hydrogens (tertiary/aromatic N) is 1. The van der Waals surface area contributed by atoms with Gasteiger partial charge in [-0.05, 0) is 61.8 Å². The number of nitrogens with one attached hydrogen (secondary N) is 1. The van der Waals surface area contributed by atoms with Gasteiger partial charge in [-0.15, -0.1) is 0 Å². The molecule has 3 aliphatic rings. The number of fused-ring (bicyclic) bond motifs is 1. The maximum Gasteiger partial charge on any atom is 0.240 e. The van der Waals surface area contributed by atoms with E-state index < -0.39 is 10.0 Å². The van der Waals surface area contributed by atoms with Crippen LogP contribution in [0.5, 0.6) is 0 Å². The third kappa shape index (κ3) is 3.67. The summed E-state index contributed by atoms with van der Waals surface area (Å²) in [6.45, 7) is 1.16. The normalized spacial score (nSPS) is 24.0. The molecule has 0 aromatic heterocycles. The van der Waals surface area contributed by atoms with Gasteiger partial charge in [0.15, 0.2) is 0 Å². The fourth-order valence-corrected chi connectivity index (χ4v) is 5.98. The van der Waals surface area contributed by atoms with E-state index in [1.165, 1.54) is 12.0 Å². The van der Waals surface area contributed by atoms with Crippen molar-refractivity contribution in [3.63, 3.8) is 0 Å². The van der Waals surface area contributed by atoms with Gasteiger partial charge in [-0.1, -0.05) is 25.3 Å². The lowest BCUT2D eigenvalue weighted by molar-refractivity contribution is -0.135. The first-order chi connectivity index (χ1) is 12.5. The van der Waals surface area contributed by atoms with Gasteiger partial charge in [0.05, 0.1) is 4.90 Å². The van der Waals surface area contributed by atoms with Crippen molar-refractivity contribution in [2.45, 2.75) is 68.7 Å². The summed E-state index contributed by atoms with van der Waals surface area (Å²) in [6, 6.07) is 5.31. The SMILES string of the molecule is O=C(C1CCCCC1)N1CCC(NS(=O)(=O)c2ccc3c(c2)CCC3)C1. The molecular weight excluding hydrogens is 348 g/mol. The summed E-state index contributed by atoms with van der Waals surface area (Å²) in [5, 5.41) is 0. The van der Waals surface area contributed by atoms with Gasteiger partial charge in [0.25, 0.3) is 0 Å². The molecule has 2 fully saturated rings. The second kappa shape index (κ2) is 7.31. The number of sulfonamides is 1. The van der Waals surface area contributed by atoms with Gasteiger partial charge in [-0.25, -0.2) is 13.1 Å². The Morgan fingerprint density at radius 3 is 2.58 bits per heavy atom. The summed E-state index contributed by atoms with van der Waals surface area (Å²) < 4.78 is 28.3. The Labute approximate surface area is 156 Å². The van der Waals surface area contributed by atoms with Crippen LogP contribution in [-0.2, 0) is 27.7 Å². The Morgan fingerprint density at radius 2 is 1.77 bits per heavy atom. The average Bonchev–Trinajstić information content (AvgIpc) is 3.30. The van der Waals surface area contributed by atoms with Crippen molar-refractivity contribution in [1.29, 1.82) is 0 Å². The molecule has 1 aromatic carbocycles. The van der Waals surface area contributed by atoms with Gasteiger partial charge in [0, 0.05) is 25.0 Å². The summed E-state index contributed by atoms with van der Waals surface area (Å²) in [4.78, 5) is 14.9. The van der Waals surface area contributed by atoms with Gasteiger partial charge in [0.1, 0.15) is 0 Å². The second-order valence-corrected chi connectivity index (χ2v) is 9.72. The number of carbonyl (C=O) groups is 1. The van der Waals surface area contributed by atoms with Crippen LogP contribution in [0.3, 0.4) is 0 Å². The molecule has 0 radical (unpaired) electrons. The number of carbonyl (C=O) groups excluding carboxylic acids is 1. The molecule has 5 nitrogen and oxygen atoms in total. The molecule has 1 amide bonds. The number of benzene rings is 1. The molecule has 1 unspecified atom stereocenters. The zero-order chi connectivity index (χ0) is 18.1. The largest absolute Gasteiger partial charge is 0.341 e. The zero-order valence-corrected chi connectivity index (χ0v) is 16.1. The third-order valence-corrected chi connectivity index (χ3v) is 7.67. The van der Waals surface area contributed by atoms with Crippen LogP contribution in [0, 0.1) is 5.92 Å². The highest BCUT2D eigenvalue weighted by molar-refractivity contribution is 7.89. The van der Waals surface area contributed by atoms with Crippen LogP contribution in [0.2, 0.25) is 0 Å². The first-order valence-electron chi connectivity index (χ1n) is 9.96. The summed E-state index contributed by atoms with van der Waals surface area (Å²) in [5.41, 5.74) is 2.43. The summed E-state index contributed by atoms with van der Waals surface area (Å²) >= 11 is 0. The first kappa shape index (κ1) is 18.0. The lowest BCUT2D eigenvalue weighted by atomic mass is 9.88. The predicted octanol–water partition coefficient (Wildman–Crippen LogP) is 2.63. The number of hydrogen-bond acceptors (Lipinski definition) is 3. The molecule has 4 rings (SSSR count). The fourth-order valence-electron chi connectivity index (χ4n) is 4.67. The van der Waals surface area contributed by atoms with E-state index in [9.17, 15) is 13.2 Å². The molecule has 1 heterocycles. The van der Waals surface area contributed by atoms with E-state index in [0.717, 1.165) is 50.5 Å². The minimum atomic E-state index is -3.53. The minimum absolute atomic E-state index is 0.149. The number of likely N-dealkylation sites (tertiary alicyclic amines) is 1. The van der Waals surface area contributed by atoms with E-state index in [-0.39, 0.29) is 17.9 Å². The molecule has 0 bridgehead atoms. The van der Waals surface area contributed by atoms with E-state index in [4.69, 9.17) is 0 Å². The van der Waals surface area contributed by atoms with E-state index in [2.05, 4.69) is 4.72 Å². The van der Waals surface area contributed by atoms with Crippen LogP contribution < -0.4 is 4.72 Å². The topological polar surface area (TPSA) is 66.5 Å². The fraction of sp³-hybridized carbons (Fsp3) is 0.650. The Balaban J connectivity index is 1.39. The Morgan fingerprint density at radius 1 is 1.00 bits per heavy atom. The lowest BCUT2D eigenvalue weighted by Crippen LogP contribution is -2.40. The van der Waals surface area contributed by atoms with Gasteiger partial charge in [0.2, 0.25) is 15.9 Å². The maximum atomic E-state index is 12.8. The number of hydrogen-bond donors (Lipinski definition) is 1. The molecular formula is C20H28N2O3S. The van der Waals surface area contributed by atoms with Crippen LogP contribution in [-0.4, -0.2) is 38.4 Å². The van der Waals surface area contributed by atoms with Crippen LogP contribution in [0.15, 0.2) is 23.1 Å². The predicted molar refractivity (Wildman–Crippen MR) is 100 cm³/mol. The molecule has 142 valence electrons. The molecule has 1 N–H and O–H groups in total. The van der Waals surface area contributed by atoms with Crippen molar-refractivity contribution in [2.75, 3.05) is 13.1 Å². The third-order valence-electron chi connectivity index (χ3n) is 6.16. The lowest BCUT2D eigenvalue weighted by Gasteiger charge is -2.26. The van der Waals surface area contributed by atoms with Crippen molar-refractivity contribution in [3.05, 3.63) is 29.3 Å². The van der Waals surface area contributed by atoms with Crippen molar-refractivity contribution < 1.29 is 13.2 Å². The van der Waals surface area contributed by atoms with Gasteiger partial charge in [-0.3, -0.25) is 4.79 Å². The van der Waals surface area contributed by atoms with Gasteiger partial charge >= 0.3 is 0 Å². The maximum absolute atomic E-state index is 12.8. The summed E-state index contributed by atoms with van der Waals surface area (Å²) in [5.74, 6) is 0.375. The Hall–Kier alpha value is -1.40. The molecule has 1 atom stereocenters. The molecule has 26 heavy (non-hydrogen) atoms. The Bertz CT molecular complexity index is 784. The molecule has 1 aliphatic heterocycles. The average molecular weight is 377 g/mol. The van der Waals surface area contributed by atoms with E-state index in [1.807, 2.05) is 17.0 Å². The van der Waals surface area contributed by atoms with E-state index in [0.29, 0.717) is 24.4 Å². The van der Waals surface area contributed by atoms with Gasteiger partial charge < -0.3 is 4.90 Å². The van der Waals surface area contributed by atoms with Crippen molar-refractivity contribution in [2.24, 2.45) is 5.92 Å².